The maximum absolute atomic E-state index is 14.7. The molecule has 190 valence electrons. The Hall–Kier alpha value is -4.87. The predicted molar refractivity (Wildman–Crippen MR) is 129 cm³/mol. The number of primary amides is 1. The van der Waals surface area contributed by atoms with Crippen molar-refractivity contribution in [1.82, 2.24) is 14.8 Å². The highest BCUT2D eigenvalue weighted by Gasteiger charge is 2.17. The molecule has 0 atom stereocenters. The molecule has 2 heterocycles. The molecule has 37 heavy (non-hydrogen) atoms. The molecule has 4 N–H and O–H groups in total. The van der Waals surface area contributed by atoms with E-state index in [9.17, 15) is 22.8 Å². The first kappa shape index (κ1) is 25.2. The minimum Gasteiger partial charge on any atom is -0.457 e. The molecule has 0 aliphatic rings. The van der Waals surface area contributed by atoms with Gasteiger partial charge in [0.25, 0.3) is 5.91 Å². The first-order valence-electron chi connectivity index (χ1n) is 11.0. The van der Waals surface area contributed by atoms with Gasteiger partial charge < -0.3 is 15.8 Å². The molecule has 9 nitrogen and oxygen atoms in total. The van der Waals surface area contributed by atoms with Crippen LogP contribution in [0.25, 0.3) is 5.69 Å². The van der Waals surface area contributed by atoms with Crippen molar-refractivity contribution >= 4 is 23.4 Å². The SMILES string of the molecule is CC(C)c1cc(NC(=O)Nc2ccc(Oc3ccnc(C(N)=O)c3)cc2F)n(-c2cc(F)cc(F)c2)n1. The van der Waals surface area contributed by atoms with Gasteiger partial charge in [0.05, 0.1) is 17.1 Å². The number of pyridine rings is 1. The van der Waals surface area contributed by atoms with Crippen molar-refractivity contribution in [2.75, 3.05) is 10.6 Å². The summed E-state index contributed by atoms with van der Waals surface area (Å²) in [5, 5.41) is 9.22. The molecule has 0 saturated heterocycles. The maximum atomic E-state index is 14.7. The van der Waals surface area contributed by atoms with Gasteiger partial charge in [-0.2, -0.15) is 5.10 Å². The van der Waals surface area contributed by atoms with Crippen molar-refractivity contribution < 1.29 is 27.5 Å². The molecule has 3 amide bonds. The number of ether oxygens (including phenoxy) is 1. The third kappa shape index (κ3) is 6.04. The average molecular weight is 510 g/mol. The predicted octanol–water partition coefficient (Wildman–Crippen LogP) is 5.34. The maximum Gasteiger partial charge on any atom is 0.324 e. The Morgan fingerprint density at radius 1 is 0.946 bits per heavy atom. The summed E-state index contributed by atoms with van der Waals surface area (Å²) in [5.74, 6) is -2.79. The third-order valence-electron chi connectivity index (χ3n) is 5.06. The van der Waals surface area contributed by atoms with Crippen LogP contribution in [0.15, 0.2) is 60.8 Å². The summed E-state index contributed by atoms with van der Waals surface area (Å²) < 4.78 is 49.0. The quantitative estimate of drug-likeness (QED) is 0.310. The van der Waals surface area contributed by atoms with Gasteiger partial charge in [0, 0.05) is 30.5 Å². The van der Waals surface area contributed by atoms with Gasteiger partial charge in [-0.25, -0.2) is 22.6 Å². The largest absolute Gasteiger partial charge is 0.457 e. The third-order valence-corrected chi connectivity index (χ3v) is 5.06. The molecule has 0 aliphatic carbocycles. The number of carbonyl (C=O) groups is 2. The zero-order valence-corrected chi connectivity index (χ0v) is 19.6. The van der Waals surface area contributed by atoms with Gasteiger partial charge in [0.1, 0.15) is 40.5 Å². The van der Waals surface area contributed by atoms with Crippen LogP contribution in [0, 0.1) is 17.5 Å². The number of hydrogen-bond acceptors (Lipinski definition) is 5. The fourth-order valence-electron chi connectivity index (χ4n) is 3.31. The summed E-state index contributed by atoms with van der Waals surface area (Å²) in [6.07, 6.45) is 1.32. The van der Waals surface area contributed by atoms with Gasteiger partial charge in [-0.15, -0.1) is 0 Å². The number of nitrogens with zero attached hydrogens (tertiary/aromatic N) is 3. The van der Waals surface area contributed by atoms with E-state index < -0.39 is 29.4 Å². The fraction of sp³-hybridized carbons (Fsp3) is 0.120. The molecule has 0 saturated carbocycles. The highest BCUT2D eigenvalue weighted by molar-refractivity contribution is 5.99. The lowest BCUT2D eigenvalue weighted by Gasteiger charge is -2.12. The molecule has 4 rings (SSSR count). The molecule has 0 fully saturated rings. The summed E-state index contributed by atoms with van der Waals surface area (Å²) in [5.41, 5.74) is 5.63. The van der Waals surface area contributed by atoms with Crippen LogP contribution in [0.4, 0.5) is 29.5 Å². The van der Waals surface area contributed by atoms with Crippen molar-refractivity contribution in [2.24, 2.45) is 5.73 Å². The van der Waals surface area contributed by atoms with E-state index in [4.69, 9.17) is 10.5 Å². The van der Waals surface area contributed by atoms with Crippen molar-refractivity contribution in [3.8, 4) is 17.2 Å². The van der Waals surface area contributed by atoms with Gasteiger partial charge in [-0.05, 0) is 36.2 Å². The first-order valence-corrected chi connectivity index (χ1v) is 11.0. The second kappa shape index (κ2) is 10.4. The number of anilines is 2. The Morgan fingerprint density at radius 2 is 1.65 bits per heavy atom. The minimum absolute atomic E-state index is 0.0197. The Bertz CT molecular complexity index is 1470. The summed E-state index contributed by atoms with van der Waals surface area (Å²) in [6, 6.07) is 10.1. The van der Waals surface area contributed by atoms with E-state index in [-0.39, 0.29) is 40.3 Å². The number of nitrogens with one attached hydrogen (secondary N) is 2. The van der Waals surface area contributed by atoms with Gasteiger partial charge in [0.15, 0.2) is 0 Å². The minimum atomic E-state index is -0.818. The zero-order chi connectivity index (χ0) is 26.7. The molecule has 0 bridgehead atoms. The first-order chi connectivity index (χ1) is 17.6. The smallest absolute Gasteiger partial charge is 0.324 e. The summed E-state index contributed by atoms with van der Waals surface area (Å²) in [4.78, 5) is 27.7. The monoisotopic (exact) mass is 510 g/mol. The van der Waals surface area contributed by atoms with Crippen LogP contribution in [-0.4, -0.2) is 26.7 Å². The van der Waals surface area contributed by atoms with Crippen LogP contribution in [0.5, 0.6) is 11.5 Å². The van der Waals surface area contributed by atoms with Crippen LogP contribution in [0.1, 0.15) is 35.9 Å². The Kier molecular flexibility index (Phi) is 7.09. The fourth-order valence-corrected chi connectivity index (χ4v) is 3.31. The lowest BCUT2D eigenvalue weighted by atomic mass is 10.1. The molecule has 2 aromatic heterocycles. The standard InChI is InChI=1S/C25H21F3N6O3/c1-13(2)21-12-23(34(33-21)16-8-14(26)7-15(27)9-16)32-25(36)31-20-4-3-17(10-19(20)28)37-18-5-6-30-22(11-18)24(29)35/h3-13H,1-2H3,(H2,29,35)(H2,31,32,36). The highest BCUT2D eigenvalue weighted by atomic mass is 19.1. The molecule has 4 aromatic rings. The van der Waals surface area contributed by atoms with Crippen LogP contribution in [0.3, 0.4) is 0 Å². The van der Waals surface area contributed by atoms with Crippen molar-refractivity contribution in [1.29, 1.82) is 0 Å². The van der Waals surface area contributed by atoms with Crippen molar-refractivity contribution in [3.63, 3.8) is 0 Å². The Morgan fingerprint density at radius 3 is 2.30 bits per heavy atom. The van der Waals surface area contributed by atoms with Gasteiger partial charge in [0.2, 0.25) is 0 Å². The number of urea groups is 1. The number of aromatic nitrogens is 3. The molecule has 12 heteroatoms. The zero-order valence-electron chi connectivity index (χ0n) is 19.6. The van der Waals surface area contributed by atoms with E-state index >= 15 is 0 Å². The van der Waals surface area contributed by atoms with E-state index in [1.54, 1.807) is 6.07 Å². The van der Waals surface area contributed by atoms with Crippen LogP contribution in [-0.2, 0) is 0 Å². The van der Waals surface area contributed by atoms with E-state index in [0.717, 1.165) is 24.3 Å². The summed E-state index contributed by atoms with van der Waals surface area (Å²) >= 11 is 0. The van der Waals surface area contributed by atoms with Crippen molar-refractivity contribution in [3.05, 3.63) is 89.6 Å². The van der Waals surface area contributed by atoms with Crippen molar-refractivity contribution in [2.45, 2.75) is 19.8 Å². The van der Waals surface area contributed by atoms with E-state index in [0.29, 0.717) is 5.69 Å². The number of carbonyl (C=O) groups excluding carboxylic acids is 2. The number of halogens is 3. The number of rotatable bonds is 7. The molecule has 0 unspecified atom stereocenters. The number of nitrogens with two attached hydrogens (primary N) is 1. The Balaban J connectivity index is 1.51. The van der Waals surface area contributed by atoms with Gasteiger partial charge in [-0.1, -0.05) is 13.8 Å². The second-order valence-corrected chi connectivity index (χ2v) is 8.21. The summed E-state index contributed by atoms with van der Waals surface area (Å²) in [7, 11) is 0. The highest BCUT2D eigenvalue weighted by Crippen LogP contribution is 2.27. The average Bonchev–Trinajstić information content (AvgIpc) is 3.24. The summed E-state index contributed by atoms with van der Waals surface area (Å²) in [6.45, 7) is 3.73. The second-order valence-electron chi connectivity index (χ2n) is 8.21. The molecule has 0 spiro atoms. The normalized spacial score (nSPS) is 10.9. The van der Waals surface area contributed by atoms with Gasteiger partial charge >= 0.3 is 6.03 Å². The molecule has 0 aliphatic heterocycles. The van der Waals surface area contributed by atoms with E-state index in [1.165, 1.54) is 35.1 Å². The number of amides is 3. The van der Waals surface area contributed by atoms with E-state index in [2.05, 4.69) is 20.7 Å². The molecule has 0 radical (unpaired) electrons. The molecule has 2 aromatic carbocycles. The molecular weight excluding hydrogens is 489 g/mol. The lowest BCUT2D eigenvalue weighted by Crippen LogP contribution is -2.22. The Labute approximate surface area is 209 Å². The van der Waals surface area contributed by atoms with Crippen LogP contribution in [0.2, 0.25) is 0 Å². The van der Waals surface area contributed by atoms with E-state index in [1.807, 2.05) is 13.8 Å². The van der Waals surface area contributed by atoms with Crippen LogP contribution >= 0.6 is 0 Å². The lowest BCUT2D eigenvalue weighted by molar-refractivity contribution is 0.0995. The number of hydrogen-bond donors (Lipinski definition) is 3. The molecular formula is C25H21F3N6O3. The van der Waals surface area contributed by atoms with Crippen LogP contribution < -0.4 is 21.1 Å². The van der Waals surface area contributed by atoms with Gasteiger partial charge in [-0.3, -0.25) is 15.1 Å². The number of benzene rings is 2. The topological polar surface area (TPSA) is 124 Å².